The van der Waals surface area contributed by atoms with Crippen molar-refractivity contribution in [3.8, 4) is 0 Å². The van der Waals surface area contributed by atoms with Crippen molar-refractivity contribution in [1.29, 1.82) is 0 Å². The molecule has 0 aromatic heterocycles. The van der Waals surface area contributed by atoms with Crippen LogP contribution in [0.4, 0.5) is 4.79 Å². The van der Waals surface area contributed by atoms with E-state index in [4.69, 9.17) is 10.5 Å². The highest BCUT2D eigenvalue weighted by molar-refractivity contribution is 7.93. The average molecular weight is 248 g/mol. The maximum Gasteiger partial charge on any atom is 0.442 e. The Morgan fingerprint density at radius 3 is 2.31 bits per heavy atom. The third-order valence-corrected chi connectivity index (χ3v) is 4.48. The summed E-state index contributed by atoms with van der Waals surface area (Å²) in [5, 5.41) is 0. The van der Waals surface area contributed by atoms with Crippen molar-refractivity contribution in [3.05, 3.63) is 0 Å². The van der Waals surface area contributed by atoms with E-state index in [0.29, 0.717) is 24.3 Å². The van der Waals surface area contributed by atoms with Gasteiger partial charge in [0, 0.05) is 17.5 Å². The van der Waals surface area contributed by atoms with Crippen LogP contribution in [0.15, 0.2) is 4.36 Å². The molecule has 0 atom stereocenters. The fourth-order valence-corrected chi connectivity index (χ4v) is 3.46. The Bertz CT molecular complexity index is 364. The molecule has 1 amide bonds. The molecule has 0 bridgehead atoms. The van der Waals surface area contributed by atoms with Gasteiger partial charge in [0.05, 0.1) is 9.73 Å². The predicted molar refractivity (Wildman–Crippen MR) is 63.7 cm³/mol. The Labute approximate surface area is 96.9 Å². The highest BCUT2D eigenvalue weighted by atomic mass is 32.2. The van der Waals surface area contributed by atoms with Crippen LogP contribution in [0.3, 0.4) is 0 Å². The topological polar surface area (TPSA) is 81.8 Å². The molecule has 0 saturated carbocycles. The van der Waals surface area contributed by atoms with E-state index in [1.807, 2.05) is 0 Å². The summed E-state index contributed by atoms with van der Waals surface area (Å²) in [5.74, 6) is 0.792. The summed E-state index contributed by atoms with van der Waals surface area (Å²) in [7, 11) is -2.42. The zero-order valence-corrected chi connectivity index (χ0v) is 10.9. The zero-order valence-electron chi connectivity index (χ0n) is 10.1. The van der Waals surface area contributed by atoms with E-state index >= 15 is 0 Å². The molecule has 16 heavy (non-hydrogen) atoms. The number of nitrogens with two attached hydrogens (primary N) is 1. The van der Waals surface area contributed by atoms with Gasteiger partial charge in [-0.15, -0.1) is 4.36 Å². The summed E-state index contributed by atoms with van der Waals surface area (Å²) in [4.78, 5) is 11.4. The molecule has 0 spiro atoms. The van der Waals surface area contributed by atoms with Crippen LogP contribution < -0.4 is 5.73 Å². The predicted octanol–water partition coefficient (Wildman–Crippen LogP) is 1.51. The van der Waals surface area contributed by atoms with E-state index in [0.717, 1.165) is 0 Å². The Hall–Kier alpha value is -0.620. The number of amides is 1. The maximum atomic E-state index is 12.1. The molecule has 94 valence electrons. The number of hydrogen-bond acceptors (Lipinski definition) is 4. The molecule has 1 fully saturated rings. The lowest BCUT2D eigenvalue weighted by Gasteiger charge is -2.22. The van der Waals surface area contributed by atoms with Gasteiger partial charge in [-0.25, -0.2) is 9.00 Å². The summed E-state index contributed by atoms with van der Waals surface area (Å²) >= 11 is 0. The molecule has 1 saturated heterocycles. The first-order chi connectivity index (χ1) is 7.20. The van der Waals surface area contributed by atoms with Crippen LogP contribution in [0.1, 0.15) is 33.6 Å². The molecule has 1 heterocycles. The van der Waals surface area contributed by atoms with Gasteiger partial charge in [-0.05, 0) is 33.6 Å². The van der Waals surface area contributed by atoms with Gasteiger partial charge < -0.3 is 10.5 Å². The van der Waals surface area contributed by atoms with Gasteiger partial charge in [-0.3, -0.25) is 0 Å². The first-order valence-electron chi connectivity index (χ1n) is 5.41. The number of ether oxygens (including phenoxy) is 1. The Morgan fingerprint density at radius 1 is 1.38 bits per heavy atom. The fourth-order valence-electron chi connectivity index (χ4n) is 1.43. The zero-order chi connectivity index (χ0) is 12.4. The fraction of sp³-hybridized carbons (Fsp3) is 0.900. The first-order valence-corrected chi connectivity index (χ1v) is 7.27. The van der Waals surface area contributed by atoms with E-state index in [1.165, 1.54) is 0 Å². The lowest BCUT2D eigenvalue weighted by molar-refractivity contribution is 0.0607. The molecular weight excluding hydrogens is 228 g/mol. The molecule has 0 aromatic carbocycles. The largest absolute Gasteiger partial charge is 0.442 e. The highest BCUT2D eigenvalue weighted by Crippen LogP contribution is 2.15. The molecule has 1 aliphatic heterocycles. The maximum absolute atomic E-state index is 12.1. The Morgan fingerprint density at radius 2 is 1.88 bits per heavy atom. The normalized spacial score (nSPS) is 30.9. The van der Waals surface area contributed by atoms with Crippen LogP contribution in [0.25, 0.3) is 0 Å². The quantitative estimate of drug-likeness (QED) is 0.704. The minimum atomic E-state index is -2.42. The van der Waals surface area contributed by atoms with Crippen LogP contribution in [-0.2, 0) is 14.5 Å². The van der Waals surface area contributed by atoms with E-state index in [9.17, 15) is 9.00 Å². The van der Waals surface area contributed by atoms with Crippen molar-refractivity contribution in [2.45, 2.75) is 45.3 Å². The van der Waals surface area contributed by atoms with Gasteiger partial charge in [0.25, 0.3) is 0 Å². The summed E-state index contributed by atoms with van der Waals surface area (Å²) in [6.45, 7) is 5.26. The standard InChI is InChI=1S/C10H20N2O3S/c1-10(2,3)15-9(13)12-16(14)6-4-8(11)5-7-16/h8H,4-7,11H2,1-3H3. The summed E-state index contributed by atoms with van der Waals surface area (Å²) in [6.07, 6.45) is 0.587. The van der Waals surface area contributed by atoms with Crippen LogP contribution >= 0.6 is 0 Å². The van der Waals surface area contributed by atoms with Crippen molar-refractivity contribution in [2.24, 2.45) is 10.1 Å². The molecule has 1 aliphatic rings. The molecule has 0 radical (unpaired) electrons. The van der Waals surface area contributed by atoms with Gasteiger partial charge in [-0.2, -0.15) is 0 Å². The third-order valence-electron chi connectivity index (χ3n) is 2.25. The molecule has 0 unspecified atom stereocenters. The number of carbonyl (C=O) groups excluding carboxylic acids is 1. The van der Waals surface area contributed by atoms with Crippen LogP contribution in [0.5, 0.6) is 0 Å². The van der Waals surface area contributed by atoms with Gasteiger partial charge in [0.2, 0.25) is 0 Å². The van der Waals surface area contributed by atoms with Gasteiger partial charge in [0.15, 0.2) is 0 Å². The van der Waals surface area contributed by atoms with Crippen molar-refractivity contribution in [3.63, 3.8) is 0 Å². The smallest absolute Gasteiger partial charge is 0.442 e. The SMILES string of the molecule is CC(C)(C)OC(=O)N=S1(=O)CCC(N)CC1. The van der Waals surface area contributed by atoms with Gasteiger partial charge in [-0.1, -0.05) is 0 Å². The molecule has 5 nitrogen and oxygen atoms in total. The van der Waals surface area contributed by atoms with Crippen molar-refractivity contribution >= 4 is 15.8 Å². The van der Waals surface area contributed by atoms with Gasteiger partial charge >= 0.3 is 6.09 Å². The van der Waals surface area contributed by atoms with Crippen molar-refractivity contribution in [1.82, 2.24) is 0 Å². The molecule has 2 N–H and O–H groups in total. The van der Waals surface area contributed by atoms with Gasteiger partial charge in [0.1, 0.15) is 5.60 Å². The second kappa shape index (κ2) is 4.71. The van der Waals surface area contributed by atoms with E-state index < -0.39 is 21.4 Å². The van der Waals surface area contributed by atoms with Crippen molar-refractivity contribution < 1.29 is 13.7 Å². The summed E-state index contributed by atoms with van der Waals surface area (Å²) in [6, 6.07) is 0.0865. The van der Waals surface area contributed by atoms with E-state index in [1.54, 1.807) is 20.8 Å². The average Bonchev–Trinajstić information content (AvgIpc) is 2.07. The Kier molecular flexibility index (Phi) is 3.96. The van der Waals surface area contributed by atoms with E-state index in [2.05, 4.69) is 4.36 Å². The monoisotopic (exact) mass is 248 g/mol. The van der Waals surface area contributed by atoms with Crippen molar-refractivity contribution in [2.75, 3.05) is 11.5 Å². The number of carbonyl (C=O) groups is 1. The minimum absolute atomic E-state index is 0.0865. The second-order valence-electron chi connectivity index (χ2n) is 5.09. The summed E-state index contributed by atoms with van der Waals surface area (Å²) < 4.78 is 20.8. The molecular formula is C10H20N2O3S. The Balaban J connectivity index is 2.69. The molecule has 1 rings (SSSR count). The summed E-state index contributed by atoms with van der Waals surface area (Å²) in [5.41, 5.74) is 5.11. The highest BCUT2D eigenvalue weighted by Gasteiger charge is 2.23. The van der Waals surface area contributed by atoms with E-state index in [-0.39, 0.29) is 6.04 Å². The minimum Gasteiger partial charge on any atom is -0.442 e. The number of rotatable bonds is 0. The molecule has 0 aliphatic carbocycles. The molecule has 6 heteroatoms. The third kappa shape index (κ3) is 4.49. The first kappa shape index (κ1) is 13.4. The van der Waals surface area contributed by atoms with Crippen LogP contribution in [-0.4, -0.2) is 33.5 Å². The lowest BCUT2D eigenvalue weighted by Crippen LogP contribution is -2.33. The van der Waals surface area contributed by atoms with Crippen LogP contribution in [0, 0.1) is 0 Å². The number of nitrogens with zero attached hydrogens (tertiary/aromatic N) is 1. The second-order valence-corrected chi connectivity index (χ2v) is 7.63. The lowest BCUT2D eigenvalue weighted by atomic mass is 10.2. The number of hydrogen-bond donors (Lipinski definition) is 1. The van der Waals surface area contributed by atoms with Crippen LogP contribution in [0.2, 0.25) is 0 Å². The molecule has 0 aromatic rings.